The number of rotatable bonds is 8. The molecule has 0 radical (unpaired) electrons. The maximum atomic E-state index is 5.08. The third-order valence-corrected chi connectivity index (χ3v) is 16.8. The minimum atomic E-state index is -2.70. The van der Waals surface area contributed by atoms with Crippen molar-refractivity contribution in [2.24, 2.45) is 0 Å². The van der Waals surface area contributed by atoms with Crippen LogP contribution >= 0.6 is 0 Å². The quantitative estimate of drug-likeness (QED) is 0.0874. The van der Waals surface area contributed by atoms with Gasteiger partial charge in [-0.25, -0.2) is 15.0 Å². The van der Waals surface area contributed by atoms with E-state index in [9.17, 15) is 0 Å². The molecule has 10 aromatic carbocycles. The summed E-state index contributed by atoms with van der Waals surface area (Å²) in [6.45, 7) is 0. The van der Waals surface area contributed by atoms with Crippen LogP contribution in [0.5, 0.6) is 0 Å². The van der Waals surface area contributed by atoms with Crippen LogP contribution in [0, 0.1) is 0 Å². The van der Waals surface area contributed by atoms with Gasteiger partial charge in [-0.05, 0) is 76.3 Å². The molecule has 0 atom stereocenters. The normalized spacial score (nSPS) is 11.6. The monoisotopic (exact) mass is 793 g/mol. The Hall–Kier alpha value is -7.79. The van der Waals surface area contributed by atoms with Gasteiger partial charge in [0.25, 0.3) is 0 Å². The Labute approximate surface area is 356 Å². The zero-order valence-corrected chi connectivity index (χ0v) is 34.4. The second-order valence-corrected chi connectivity index (χ2v) is 19.3. The molecule has 61 heavy (non-hydrogen) atoms. The molecular weight excluding hydrogens is 755 g/mol. The average molecular weight is 794 g/mol. The first-order valence-electron chi connectivity index (χ1n) is 20.8. The molecule has 0 bridgehead atoms. The van der Waals surface area contributed by atoms with E-state index in [0.717, 1.165) is 22.1 Å². The standard InChI is InChI=1S/C57H39N3Si/c1-6-19-40(20-7-1)55-58-56(41-21-8-2-9-22-41)60-57(59-55)44-34-36-52-53-38-43(33-35-51(53)49-31-16-17-32-50(49)54(52)39-44)42-23-18-30-48(37-42)61(45-24-10-3-11-25-45,46-26-12-4-13-27-46)47-28-14-5-15-29-47/h1-39H. The van der Waals surface area contributed by atoms with Crippen molar-refractivity contribution in [3.8, 4) is 45.3 Å². The van der Waals surface area contributed by atoms with E-state index < -0.39 is 8.07 Å². The third kappa shape index (κ3) is 6.42. The summed E-state index contributed by atoms with van der Waals surface area (Å²) in [5.74, 6) is 1.95. The van der Waals surface area contributed by atoms with Crippen molar-refractivity contribution in [1.29, 1.82) is 0 Å². The summed E-state index contributed by atoms with van der Waals surface area (Å²) in [4.78, 5) is 15.1. The van der Waals surface area contributed by atoms with Crippen molar-refractivity contribution in [2.45, 2.75) is 0 Å². The molecule has 0 aliphatic rings. The lowest BCUT2D eigenvalue weighted by Gasteiger charge is -2.34. The van der Waals surface area contributed by atoms with Gasteiger partial charge in [-0.15, -0.1) is 0 Å². The molecule has 1 heterocycles. The Kier molecular flexibility index (Phi) is 9.18. The van der Waals surface area contributed by atoms with Gasteiger partial charge >= 0.3 is 0 Å². The van der Waals surface area contributed by atoms with Gasteiger partial charge in [-0.3, -0.25) is 0 Å². The lowest BCUT2D eigenvalue weighted by molar-refractivity contribution is 1.07. The van der Waals surface area contributed by atoms with Crippen LogP contribution in [-0.2, 0) is 0 Å². The highest BCUT2D eigenvalue weighted by molar-refractivity contribution is 7.19. The predicted octanol–water partition coefficient (Wildman–Crippen LogP) is 11.4. The maximum absolute atomic E-state index is 5.08. The molecule has 11 rings (SSSR count). The zero-order chi connectivity index (χ0) is 40.6. The summed E-state index contributed by atoms with van der Waals surface area (Å²) in [5.41, 5.74) is 5.23. The average Bonchev–Trinajstić information content (AvgIpc) is 3.35. The Balaban J connectivity index is 1.10. The largest absolute Gasteiger partial charge is 0.208 e. The maximum Gasteiger partial charge on any atom is 0.179 e. The van der Waals surface area contributed by atoms with E-state index in [2.05, 4.69) is 176 Å². The van der Waals surface area contributed by atoms with Crippen LogP contribution in [0.15, 0.2) is 237 Å². The number of benzene rings is 10. The fourth-order valence-electron chi connectivity index (χ4n) is 9.21. The lowest BCUT2D eigenvalue weighted by atomic mass is 9.91. The first-order valence-corrected chi connectivity index (χ1v) is 22.8. The van der Waals surface area contributed by atoms with Crippen molar-refractivity contribution in [1.82, 2.24) is 15.0 Å². The minimum absolute atomic E-state index is 0.646. The van der Waals surface area contributed by atoms with E-state index in [1.54, 1.807) is 0 Å². The molecule has 0 aliphatic carbocycles. The van der Waals surface area contributed by atoms with Gasteiger partial charge in [0, 0.05) is 16.7 Å². The molecule has 0 saturated heterocycles. The summed E-state index contributed by atoms with van der Waals surface area (Å²) in [5, 5.41) is 12.7. The van der Waals surface area contributed by atoms with E-state index in [4.69, 9.17) is 15.0 Å². The summed E-state index contributed by atoms with van der Waals surface area (Å²) >= 11 is 0. The Morgan fingerprint density at radius 2 is 0.541 bits per heavy atom. The van der Waals surface area contributed by atoms with Crippen molar-refractivity contribution < 1.29 is 0 Å². The highest BCUT2D eigenvalue weighted by Gasteiger charge is 2.41. The molecule has 0 amide bonds. The zero-order valence-electron chi connectivity index (χ0n) is 33.4. The van der Waals surface area contributed by atoms with E-state index in [1.165, 1.54) is 58.8 Å². The van der Waals surface area contributed by atoms with Crippen LogP contribution in [0.25, 0.3) is 77.6 Å². The molecular formula is C57H39N3Si. The molecule has 286 valence electrons. The van der Waals surface area contributed by atoms with E-state index in [0.29, 0.717) is 17.5 Å². The van der Waals surface area contributed by atoms with Crippen LogP contribution in [0.3, 0.4) is 0 Å². The second-order valence-electron chi connectivity index (χ2n) is 15.5. The van der Waals surface area contributed by atoms with Gasteiger partial charge in [-0.2, -0.15) is 0 Å². The SMILES string of the molecule is c1ccc(-c2nc(-c3ccccc3)nc(-c3ccc4c5cc(-c6cccc([Si](c7ccccc7)(c7ccccc7)c7ccccc7)c6)ccc5c5ccccc5c4c3)n2)cc1. The number of fused-ring (bicyclic) bond motifs is 6. The molecule has 0 N–H and O–H groups in total. The molecule has 3 nitrogen and oxygen atoms in total. The van der Waals surface area contributed by atoms with Gasteiger partial charge in [-0.1, -0.05) is 224 Å². The Morgan fingerprint density at radius 3 is 1.05 bits per heavy atom. The summed E-state index contributed by atoms with van der Waals surface area (Å²) in [7, 11) is -2.70. The van der Waals surface area contributed by atoms with Crippen molar-refractivity contribution in [2.75, 3.05) is 0 Å². The third-order valence-electron chi connectivity index (χ3n) is 12.0. The number of hydrogen-bond acceptors (Lipinski definition) is 3. The lowest BCUT2D eigenvalue weighted by Crippen LogP contribution is -2.74. The van der Waals surface area contributed by atoms with Gasteiger partial charge in [0.15, 0.2) is 25.5 Å². The summed E-state index contributed by atoms with van der Waals surface area (Å²) in [6.07, 6.45) is 0. The minimum Gasteiger partial charge on any atom is -0.208 e. The molecule has 0 unspecified atom stereocenters. The van der Waals surface area contributed by atoms with Crippen LogP contribution in [0.4, 0.5) is 0 Å². The molecule has 0 aliphatic heterocycles. The molecule has 0 fully saturated rings. The molecule has 0 spiro atoms. The molecule has 0 saturated carbocycles. The number of aromatic nitrogens is 3. The van der Waals surface area contributed by atoms with E-state index in [-0.39, 0.29) is 0 Å². The Bertz CT molecular complexity index is 3180. The van der Waals surface area contributed by atoms with E-state index >= 15 is 0 Å². The fraction of sp³-hybridized carbons (Fsp3) is 0. The highest BCUT2D eigenvalue weighted by Crippen LogP contribution is 2.39. The summed E-state index contributed by atoms with van der Waals surface area (Å²) in [6, 6.07) is 85.5. The van der Waals surface area contributed by atoms with Crippen LogP contribution in [0.1, 0.15) is 0 Å². The first-order chi connectivity index (χ1) is 30.2. The van der Waals surface area contributed by atoms with E-state index in [1.807, 2.05) is 60.7 Å². The number of hydrogen-bond donors (Lipinski definition) is 0. The van der Waals surface area contributed by atoms with Crippen molar-refractivity contribution in [3.63, 3.8) is 0 Å². The summed E-state index contributed by atoms with van der Waals surface area (Å²) < 4.78 is 0. The van der Waals surface area contributed by atoms with Gasteiger partial charge < -0.3 is 0 Å². The topological polar surface area (TPSA) is 38.7 Å². The van der Waals surface area contributed by atoms with Gasteiger partial charge in [0.1, 0.15) is 0 Å². The Morgan fingerprint density at radius 1 is 0.213 bits per heavy atom. The van der Waals surface area contributed by atoms with Crippen molar-refractivity contribution >= 4 is 61.1 Å². The van der Waals surface area contributed by atoms with Gasteiger partial charge in [0.2, 0.25) is 0 Å². The fourth-order valence-corrected chi connectivity index (χ4v) is 14.0. The van der Waals surface area contributed by atoms with Crippen LogP contribution < -0.4 is 20.7 Å². The predicted molar refractivity (Wildman–Crippen MR) is 258 cm³/mol. The first kappa shape index (κ1) is 36.3. The second kappa shape index (κ2) is 15.4. The molecule has 4 heteroatoms. The molecule has 1 aromatic heterocycles. The highest BCUT2D eigenvalue weighted by atomic mass is 28.3. The molecule has 11 aromatic rings. The van der Waals surface area contributed by atoms with Gasteiger partial charge in [0.05, 0.1) is 0 Å². The van der Waals surface area contributed by atoms with Crippen LogP contribution in [0.2, 0.25) is 0 Å². The van der Waals surface area contributed by atoms with Crippen LogP contribution in [-0.4, -0.2) is 23.0 Å². The smallest absolute Gasteiger partial charge is 0.179 e. The van der Waals surface area contributed by atoms with Crippen molar-refractivity contribution in [3.05, 3.63) is 237 Å². The number of nitrogens with zero attached hydrogens (tertiary/aromatic N) is 3.